The number of rotatable bonds is 6. The van der Waals surface area contributed by atoms with Gasteiger partial charge in [0.05, 0.1) is 22.4 Å². The fraction of sp³-hybridized carbons (Fsp3) is 0.433. The van der Waals surface area contributed by atoms with Gasteiger partial charge in [0, 0.05) is 17.0 Å². The van der Waals surface area contributed by atoms with Gasteiger partial charge < -0.3 is 5.32 Å². The van der Waals surface area contributed by atoms with E-state index in [9.17, 15) is 14.0 Å². The number of nitrogens with one attached hydrogen (secondary N) is 1. The van der Waals surface area contributed by atoms with Crippen LogP contribution in [0.5, 0.6) is 0 Å². The van der Waals surface area contributed by atoms with Gasteiger partial charge in [-0.1, -0.05) is 64.4 Å². The lowest BCUT2D eigenvalue weighted by Crippen LogP contribution is -2.46. The molecule has 0 spiro atoms. The number of anilines is 1. The maximum absolute atomic E-state index is 13.9. The molecule has 2 atom stereocenters. The first-order valence-corrected chi connectivity index (χ1v) is 14.1. The number of benzene rings is 2. The number of amides is 2. The average Bonchev–Trinajstić information content (AvgIpc) is 3.17. The average molecular weight is 537 g/mol. The first kappa shape index (κ1) is 27.9. The number of hydrogen-bond acceptors (Lipinski definition) is 4. The molecule has 6 nitrogen and oxygen atoms in total. The van der Waals surface area contributed by atoms with Crippen molar-refractivity contribution < 1.29 is 14.0 Å². The zero-order chi connectivity index (χ0) is 27.8. The van der Waals surface area contributed by atoms with Crippen molar-refractivity contribution in [2.45, 2.75) is 65.2 Å². The van der Waals surface area contributed by atoms with Crippen LogP contribution in [0.2, 0.25) is 0 Å². The van der Waals surface area contributed by atoms with E-state index in [1.165, 1.54) is 12.1 Å². The second-order valence-corrected chi connectivity index (χ2v) is 12.5. The van der Waals surface area contributed by atoms with E-state index in [-0.39, 0.29) is 52.6 Å². The number of nitrogens with zero attached hydrogens (tertiary/aromatic N) is 3. The molecular weight excluding hydrogens is 499 g/mol. The predicted molar refractivity (Wildman–Crippen MR) is 152 cm³/mol. The molecule has 3 aromatic rings. The van der Waals surface area contributed by atoms with Crippen molar-refractivity contribution in [1.82, 2.24) is 15.1 Å². The van der Waals surface area contributed by atoms with Crippen molar-refractivity contribution in [3.8, 4) is 5.69 Å². The van der Waals surface area contributed by atoms with Gasteiger partial charge in [0.2, 0.25) is 11.8 Å². The number of aryl methyl sites for hydroxylation is 1. The summed E-state index contributed by atoms with van der Waals surface area (Å²) in [5, 5.41) is 7.91. The van der Waals surface area contributed by atoms with Gasteiger partial charge in [0.15, 0.2) is 0 Å². The quantitative estimate of drug-likeness (QED) is 0.423. The van der Waals surface area contributed by atoms with Crippen LogP contribution in [-0.2, 0) is 15.0 Å². The van der Waals surface area contributed by atoms with Crippen molar-refractivity contribution in [2.24, 2.45) is 5.92 Å². The van der Waals surface area contributed by atoms with Crippen LogP contribution in [0.3, 0.4) is 0 Å². The van der Waals surface area contributed by atoms with E-state index in [4.69, 9.17) is 5.10 Å². The summed E-state index contributed by atoms with van der Waals surface area (Å²) in [5.74, 6) is 0.290. The molecule has 1 aliphatic heterocycles. The molecule has 0 radical (unpaired) electrons. The Hall–Kier alpha value is -3.13. The van der Waals surface area contributed by atoms with Gasteiger partial charge in [-0.3, -0.25) is 14.5 Å². The Kier molecular flexibility index (Phi) is 8.02. The molecule has 2 aromatic carbocycles. The normalized spacial score (nSPS) is 16.8. The Morgan fingerprint density at radius 1 is 1.16 bits per heavy atom. The molecule has 1 N–H and O–H groups in total. The van der Waals surface area contributed by atoms with Gasteiger partial charge in [-0.25, -0.2) is 9.07 Å². The Morgan fingerprint density at radius 3 is 2.45 bits per heavy atom. The van der Waals surface area contributed by atoms with Crippen LogP contribution < -0.4 is 10.2 Å². The van der Waals surface area contributed by atoms with Crippen molar-refractivity contribution >= 4 is 29.4 Å². The SMILES string of the molecule is Cc1cccc(C2SCC(=O)N(CC(=O)NC(C)C(C)C)c3c2c(C(C)(C)C)nn3-c2ccc(F)cc2)c1. The number of halogens is 1. The molecule has 4 rings (SSSR count). The molecule has 0 saturated heterocycles. The van der Waals surface area contributed by atoms with Crippen LogP contribution in [0, 0.1) is 18.7 Å². The summed E-state index contributed by atoms with van der Waals surface area (Å²) in [6.45, 7) is 14.3. The fourth-order valence-corrected chi connectivity index (χ4v) is 5.73. The van der Waals surface area contributed by atoms with Gasteiger partial charge >= 0.3 is 0 Å². The van der Waals surface area contributed by atoms with Crippen molar-refractivity contribution in [2.75, 3.05) is 17.2 Å². The van der Waals surface area contributed by atoms with E-state index < -0.39 is 0 Å². The number of aromatic nitrogens is 2. The van der Waals surface area contributed by atoms with Crippen LogP contribution in [0.1, 0.15) is 69.2 Å². The predicted octanol–water partition coefficient (Wildman–Crippen LogP) is 5.95. The number of carbonyl (C=O) groups is 2. The van der Waals surface area contributed by atoms with Gasteiger partial charge in [0.25, 0.3) is 0 Å². The maximum atomic E-state index is 13.9. The smallest absolute Gasteiger partial charge is 0.240 e. The Balaban J connectivity index is 1.96. The van der Waals surface area contributed by atoms with Crippen LogP contribution in [0.25, 0.3) is 5.69 Å². The number of carbonyl (C=O) groups excluding carboxylic acids is 2. The molecule has 2 heterocycles. The molecule has 38 heavy (non-hydrogen) atoms. The molecule has 0 aliphatic carbocycles. The number of fused-ring (bicyclic) bond motifs is 1. The minimum absolute atomic E-state index is 0.0365. The van der Waals surface area contributed by atoms with E-state index >= 15 is 0 Å². The maximum Gasteiger partial charge on any atom is 0.240 e. The largest absolute Gasteiger partial charge is 0.352 e. The van der Waals surface area contributed by atoms with Gasteiger partial charge in [0.1, 0.15) is 18.2 Å². The number of thioether (sulfide) groups is 1. The van der Waals surface area contributed by atoms with Gasteiger partial charge in [-0.2, -0.15) is 5.10 Å². The van der Waals surface area contributed by atoms with Crippen LogP contribution in [0.15, 0.2) is 48.5 Å². The van der Waals surface area contributed by atoms with Crippen LogP contribution in [0.4, 0.5) is 10.2 Å². The molecule has 8 heteroatoms. The molecule has 0 bridgehead atoms. The highest BCUT2D eigenvalue weighted by Crippen LogP contribution is 2.48. The van der Waals surface area contributed by atoms with Gasteiger partial charge in [-0.15, -0.1) is 11.8 Å². The number of hydrogen-bond donors (Lipinski definition) is 1. The summed E-state index contributed by atoms with van der Waals surface area (Å²) in [6, 6.07) is 14.3. The van der Waals surface area contributed by atoms with E-state index in [2.05, 4.69) is 51.2 Å². The molecule has 2 unspecified atom stereocenters. The highest BCUT2D eigenvalue weighted by molar-refractivity contribution is 8.00. The van der Waals surface area contributed by atoms with E-state index in [1.807, 2.05) is 26.8 Å². The van der Waals surface area contributed by atoms with Crippen molar-refractivity contribution in [3.05, 3.63) is 76.7 Å². The fourth-order valence-electron chi connectivity index (χ4n) is 4.54. The highest BCUT2D eigenvalue weighted by Gasteiger charge is 2.40. The Labute approximate surface area is 229 Å². The molecule has 0 fully saturated rings. The van der Waals surface area contributed by atoms with E-state index in [0.717, 1.165) is 22.4 Å². The minimum atomic E-state index is -0.356. The lowest BCUT2D eigenvalue weighted by molar-refractivity contribution is -0.123. The van der Waals surface area contributed by atoms with Crippen LogP contribution in [-0.4, -0.2) is 39.9 Å². The first-order valence-electron chi connectivity index (χ1n) is 13.0. The van der Waals surface area contributed by atoms with Crippen molar-refractivity contribution in [1.29, 1.82) is 0 Å². The topological polar surface area (TPSA) is 67.2 Å². The molecular formula is C30H37FN4O2S. The monoisotopic (exact) mass is 536 g/mol. The second-order valence-electron chi connectivity index (χ2n) is 11.4. The summed E-state index contributed by atoms with van der Waals surface area (Å²) < 4.78 is 15.6. The summed E-state index contributed by atoms with van der Waals surface area (Å²) in [4.78, 5) is 28.5. The molecule has 0 saturated carbocycles. The Morgan fingerprint density at radius 2 is 1.84 bits per heavy atom. The Bertz CT molecular complexity index is 1330. The summed E-state index contributed by atoms with van der Waals surface area (Å²) >= 11 is 1.55. The molecule has 202 valence electrons. The highest BCUT2D eigenvalue weighted by atomic mass is 32.2. The zero-order valence-corrected chi connectivity index (χ0v) is 24.0. The lowest BCUT2D eigenvalue weighted by Gasteiger charge is -2.25. The van der Waals surface area contributed by atoms with Gasteiger partial charge in [-0.05, 0) is 49.6 Å². The van der Waals surface area contributed by atoms with Crippen LogP contribution >= 0.6 is 11.8 Å². The molecule has 1 aromatic heterocycles. The van der Waals surface area contributed by atoms with Crippen molar-refractivity contribution in [3.63, 3.8) is 0 Å². The third kappa shape index (κ3) is 5.80. The molecule has 1 aliphatic rings. The molecule has 2 amide bonds. The lowest BCUT2D eigenvalue weighted by atomic mass is 9.87. The summed E-state index contributed by atoms with van der Waals surface area (Å²) in [6.07, 6.45) is 0. The summed E-state index contributed by atoms with van der Waals surface area (Å²) in [7, 11) is 0. The first-order chi connectivity index (χ1) is 17.9. The third-order valence-corrected chi connectivity index (χ3v) is 8.16. The summed E-state index contributed by atoms with van der Waals surface area (Å²) in [5.41, 5.74) is 4.22. The van der Waals surface area contributed by atoms with E-state index in [0.29, 0.717) is 11.5 Å². The minimum Gasteiger partial charge on any atom is -0.352 e. The zero-order valence-electron chi connectivity index (χ0n) is 23.2. The second kappa shape index (κ2) is 10.9. The standard InChI is InChI=1S/C30H37FN4O2S/c1-18(2)20(4)32-24(36)16-34-25(37)17-38-27(21-10-8-9-19(3)15-21)26-28(30(5,6)7)33-35(29(26)34)23-13-11-22(31)12-14-23/h8-15,18,20,27H,16-17H2,1-7H3,(H,32,36). The third-order valence-electron chi connectivity index (χ3n) is 6.91. The van der Waals surface area contributed by atoms with E-state index in [1.54, 1.807) is 33.5 Å².